The van der Waals surface area contributed by atoms with Gasteiger partial charge in [-0.25, -0.2) is 10.8 Å². The average Bonchev–Trinajstić information content (AvgIpc) is 2.46. The number of halogens is 4. The van der Waals surface area contributed by atoms with Gasteiger partial charge in [0.1, 0.15) is 5.82 Å². The summed E-state index contributed by atoms with van der Waals surface area (Å²) in [6.45, 7) is 0.317. The van der Waals surface area contributed by atoms with Crippen LogP contribution >= 0.6 is 15.9 Å². The molecule has 0 radical (unpaired) electrons. The summed E-state index contributed by atoms with van der Waals surface area (Å²) in [7, 11) is 0. The molecule has 0 aliphatic carbocycles. The number of nitrogens with zero attached hydrogens (tertiary/aromatic N) is 2. The van der Waals surface area contributed by atoms with E-state index in [9.17, 15) is 13.2 Å². The van der Waals surface area contributed by atoms with Gasteiger partial charge in [0.05, 0.1) is 10.0 Å². The maximum atomic E-state index is 12.4. The summed E-state index contributed by atoms with van der Waals surface area (Å²) in [5, 5.41) is 2.99. The van der Waals surface area contributed by atoms with Crippen LogP contribution < -0.4 is 16.6 Å². The van der Waals surface area contributed by atoms with Crippen LogP contribution in [-0.4, -0.2) is 9.97 Å². The maximum absolute atomic E-state index is 12.4. The van der Waals surface area contributed by atoms with E-state index in [2.05, 4.69) is 36.6 Å². The van der Waals surface area contributed by atoms with E-state index in [1.54, 1.807) is 0 Å². The molecule has 112 valence electrons. The number of rotatable bonds is 4. The lowest BCUT2D eigenvalue weighted by Crippen LogP contribution is -2.12. The molecule has 0 saturated heterocycles. The van der Waals surface area contributed by atoms with E-state index in [1.165, 1.54) is 18.3 Å². The zero-order valence-electron chi connectivity index (χ0n) is 10.6. The molecule has 0 atom stereocenters. The molecule has 0 spiro atoms. The maximum Gasteiger partial charge on any atom is 0.416 e. The fourth-order valence-corrected chi connectivity index (χ4v) is 1.89. The highest BCUT2D eigenvalue weighted by atomic mass is 79.9. The van der Waals surface area contributed by atoms with Crippen molar-refractivity contribution >= 4 is 27.7 Å². The molecule has 21 heavy (non-hydrogen) atoms. The Labute approximate surface area is 126 Å². The van der Waals surface area contributed by atoms with Gasteiger partial charge in [0.25, 0.3) is 0 Å². The van der Waals surface area contributed by atoms with E-state index in [1.807, 2.05) is 0 Å². The third-order valence-electron chi connectivity index (χ3n) is 2.61. The Morgan fingerprint density at radius 3 is 2.43 bits per heavy atom. The van der Waals surface area contributed by atoms with Crippen LogP contribution in [0.1, 0.15) is 11.1 Å². The third-order valence-corrected chi connectivity index (χ3v) is 3.19. The largest absolute Gasteiger partial charge is 0.416 e. The second kappa shape index (κ2) is 6.27. The number of hydrogen-bond acceptors (Lipinski definition) is 5. The quantitative estimate of drug-likeness (QED) is 0.576. The van der Waals surface area contributed by atoms with Crippen molar-refractivity contribution in [2.45, 2.75) is 12.7 Å². The number of nitrogens with one attached hydrogen (secondary N) is 2. The summed E-state index contributed by atoms with van der Waals surface area (Å²) < 4.78 is 38.0. The number of aromatic nitrogens is 2. The molecular weight excluding hydrogens is 351 g/mol. The highest BCUT2D eigenvalue weighted by molar-refractivity contribution is 9.10. The molecule has 0 aliphatic rings. The molecule has 1 heterocycles. The van der Waals surface area contributed by atoms with Crippen molar-refractivity contribution in [3.63, 3.8) is 0 Å². The van der Waals surface area contributed by atoms with E-state index >= 15 is 0 Å². The molecule has 1 aromatic heterocycles. The average molecular weight is 362 g/mol. The number of benzene rings is 1. The molecular formula is C12H11BrF3N5. The topological polar surface area (TPSA) is 75.9 Å². The van der Waals surface area contributed by atoms with E-state index in [4.69, 9.17) is 5.84 Å². The number of hydrazine groups is 1. The normalized spacial score (nSPS) is 11.3. The van der Waals surface area contributed by atoms with Gasteiger partial charge in [-0.05, 0) is 33.6 Å². The van der Waals surface area contributed by atoms with Crippen molar-refractivity contribution < 1.29 is 13.2 Å². The molecule has 4 N–H and O–H groups in total. The van der Waals surface area contributed by atoms with Crippen LogP contribution in [0.3, 0.4) is 0 Å². The molecule has 5 nitrogen and oxygen atoms in total. The van der Waals surface area contributed by atoms with Crippen LogP contribution in [0, 0.1) is 0 Å². The molecule has 2 rings (SSSR count). The van der Waals surface area contributed by atoms with Crippen LogP contribution in [0.15, 0.2) is 34.9 Å². The van der Waals surface area contributed by atoms with Crippen molar-refractivity contribution in [2.75, 3.05) is 10.7 Å². The van der Waals surface area contributed by atoms with Gasteiger partial charge in [0, 0.05) is 12.7 Å². The second-order valence-corrected chi connectivity index (χ2v) is 4.94. The van der Waals surface area contributed by atoms with Gasteiger partial charge >= 0.3 is 6.18 Å². The van der Waals surface area contributed by atoms with Gasteiger partial charge in [0.2, 0.25) is 5.95 Å². The first-order chi connectivity index (χ1) is 9.90. The SMILES string of the molecule is NNc1ncc(Br)c(NCc2ccc(C(F)(F)F)cc2)n1. The van der Waals surface area contributed by atoms with Crippen molar-refractivity contribution in [2.24, 2.45) is 5.84 Å². The van der Waals surface area contributed by atoms with Crippen molar-refractivity contribution in [1.82, 2.24) is 9.97 Å². The summed E-state index contributed by atoms with van der Waals surface area (Å²) in [6, 6.07) is 4.90. The second-order valence-electron chi connectivity index (χ2n) is 4.08. The molecule has 1 aromatic carbocycles. The Morgan fingerprint density at radius 2 is 1.86 bits per heavy atom. The lowest BCUT2D eigenvalue weighted by atomic mass is 10.1. The Balaban J connectivity index is 2.06. The zero-order valence-corrected chi connectivity index (χ0v) is 12.2. The number of nitrogen functional groups attached to an aromatic ring is 1. The summed E-state index contributed by atoms with van der Waals surface area (Å²) in [4.78, 5) is 7.97. The predicted molar refractivity (Wildman–Crippen MR) is 76.3 cm³/mol. The minimum atomic E-state index is -4.33. The third kappa shape index (κ3) is 4.05. The smallest absolute Gasteiger partial charge is 0.365 e. The fraction of sp³-hybridized carbons (Fsp3) is 0.167. The standard InChI is InChI=1S/C12H11BrF3N5/c13-9-6-19-11(21-17)20-10(9)18-5-7-1-3-8(4-2-7)12(14,15)16/h1-4,6H,5,17H2,(H2,18,19,20,21). The van der Waals surface area contributed by atoms with E-state index in [0.717, 1.165) is 12.1 Å². The van der Waals surface area contributed by atoms with E-state index in [-0.39, 0.29) is 5.95 Å². The molecule has 0 saturated carbocycles. The number of anilines is 2. The summed E-state index contributed by atoms with van der Waals surface area (Å²) >= 11 is 3.27. The molecule has 0 unspecified atom stereocenters. The molecule has 2 aromatic rings. The lowest BCUT2D eigenvalue weighted by molar-refractivity contribution is -0.137. The van der Waals surface area contributed by atoms with Gasteiger partial charge in [-0.1, -0.05) is 12.1 Å². The summed E-state index contributed by atoms with van der Waals surface area (Å²) in [5.41, 5.74) is 2.32. The molecule has 0 fully saturated rings. The van der Waals surface area contributed by atoms with Crippen LogP contribution in [0.25, 0.3) is 0 Å². The number of nitrogens with two attached hydrogens (primary N) is 1. The van der Waals surface area contributed by atoms with Crippen molar-refractivity contribution in [1.29, 1.82) is 0 Å². The minimum Gasteiger partial charge on any atom is -0.365 e. The Bertz CT molecular complexity index is 615. The number of hydrogen-bond donors (Lipinski definition) is 3. The van der Waals surface area contributed by atoms with Gasteiger partial charge in [-0.2, -0.15) is 18.2 Å². The van der Waals surface area contributed by atoms with Gasteiger partial charge < -0.3 is 5.32 Å². The van der Waals surface area contributed by atoms with Crippen LogP contribution in [0.4, 0.5) is 24.9 Å². The first-order valence-electron chi connectivity index (χ1n) is 5.79. The number of alkyl halides is 3. The van der Waals surface area contributed by atoms with Crippen LogP contribution in [0.5, 0.6) is 0 Å². The predicted octanol–water partition coefficient (Wildman–Crippen LogP) is 3.16. The van der Waals surface area contributed by atoms with Crippen LogP contribution in [0.2, 0.25) is 0 Å². The van der Waals surface area contributed by atoms with E-state index in [0.29, 0.717) is 22.4 Å². The highest BCUT2D eigenvalue weighted by Gasteiger charge is 2.29. The van der Waals surface area contributed by atoms with Gasteiger partial charge in [0.15, 0.2) is 0 Å². The van der Waals surface area contributed by atoms with Gasteiger partial charge in [-0.15, -0.1) is 0 Å². The fourth-order valence-electron chi connectivity index (χ4n) is 1.56. The molecule has 0 aliphatic heterocycles. The zero-order chi connectivity index (χ0) is 15.5. The minimum absolute atomic E-state index is 0.230. The Morgan fingerprint density at radius 1 is 1.19 bits per heavy atom. The summed E-state index contributed by atoms with van der Waals surface area (Å²) in [6.07, 6.45) is -2.82. The summed E-state index contributed by atoms with van der Waals surface area (Å²) in [5.74, 6) is 5.92. The first kappa shape index (κ1) is 15.5. The Kier molecular flexibility index (Phi) is 4.63. The molecule has 9 heteroatoms. The lowest BCUT2D eigenvalue weighted by Gasteiger charge is -2.10. The van der Waals surface area contributed by atoms with Gasteiger partial charge in [-0.3, -0.25) is 5.43 Å². The van der Waals surface area contributed by atoms with Crippen LogP contribution in [-0.2, 0) is 12.7 Å². The molecule has 0 bridgehead atoms. The van der Waals surface area contributed by atoms with Crippen molar-refractivity contribution in [3.8, 4) is 0 Å². The monoisotopic (exact) mass is 361 g/mol. The van der Waals surface area contributed by atoms with Crippen molar-refractivity contribution in [3.05, 3.63) is 46.1 Å². The highest BCUT2D eigenvalue weighted by Crippen LogP contribution is 2.29. The molecule has 0 amide bonds. The van der Waals surface area contributed by atoms with E-state index < -0.39 is 11.7 Å². The first-order valence-corrected chi connectivity index (χ1v) is 6.58. The Hall–Kier alpha value is -1.87.